The van der Waals surface area contributed by atoms with Crippen molar-refractivity contribution in [2.24, 2.45) is 0 Å². The molecule has 0 spiro atoms. The van der Waals surface area contributed by atoms with Crippen molar-refractivity contribution in [1.82, 2.24) is 15.0 Å². The highest BCUT2D eigenvalue weighted by Gasteiger charge is 2.33. The Morgan fingerprint density at radius 3 is 2.34 bits per heavy atom. The van der Waals surface area contributed by atoms with Crippen LogP contribution in [0.2, 0.25) is 5.02 Å². The molecule has 0 aliphatic carbocycles. The Bertz CT molecular complexity index is 968. The van der Waals surface area contributed by atoms with Gasteiger partial charge in [0.15, 0.2) is 5.60 Å². The Kier molecular flexibility index (Phi) is 6.08. The highest BCUT2D eigenvalue weighted by Crippen LogP contribution is 2.23. The molecule has 0 unspecified atom stereocenters. The fourth-order valence-electron chi connectivity index (χ4n) is 2.75. The lowest BCUT2D eigenvalue weighted by Gasteiger charge is -2.29. The molecule has 152 valence electrons. The third-order valence-corrected chi connectivity index (χ3v) is 4.49. The van der Waals surface area contributed by atoms with E-state index in [1.165, 1.54) is 4.90 Å². The van der Waals surface area contributed by atoms with Crippen molar-refractivity contribution < 1.29 is 18.8 Å². The number of methoxy groups -OCH3 is 1. The molecule has 0 bridgehead atoms. The molecule has 29 heavy (non-hydrogen) atoms. The molecule has 2 aromatic carbocycles. The van der Waals surface area contributed by atoms with E-state index in [0.717, 1.165) is 11.3 Å². The molecule has 3 aromatic rings. The van der Waals surface area contributed by atoms with Gasteiger partial charge in [-0.2, -0.15) is 4.98 Å². The summed E-state index contributed by atoms with van der Waals surface area (Å²) in [5, 5.41) is 4.58. The number of ether oxygens (including phenoxy) is 2. The van der Waals surface area contributed by atoms with E-state index < -0.39 is 5.60 Å². The standard InChI is InChI=1S/C21H22ClN3O4/c1-21(2,28-17-11-7-15(22)8-12-17)20(26)25(3)13-18-23-19(24-29-18)14-5-9-16(27-4)10-6-14/h5-12H,13H2,1-4H3. The van der Waals surface area contributed by atoms with E-state index in [0.29, 0.717) is 22.5 Å². The number of likely N-dealkylation sites (N-methyl/N-ethyl adjacent to an activating group) is 1. The van der Waals surface area contributed by atoms with E-state index in [2.05, 4.69) is 10.1 Å². The second-order valence-electron chi connectivity index (χ2n) is 6.97. The van der Waals surface area contributed by atoms with Crippen molar-refractivity contribution in [2.45, 2.75) is 26.0 Å². The number of aromatic nitrogens is 2. The monoisotopic (exact) mass is 415 g/mol. The zero-order valence-electron chi connectivity index (χ0n) is 16.7. The maximum atomic E-state index is 12.9. The van der Waals surface area contributed by atoms with Gasteiger partial charge in [-0.05, 0) is 62.4 Å². The quantitative estimate of drug-likeness (QED) is 0.575. The van der Waals surface area contributed by atoms with Gasteiger partial charge >= 0.3 is 0 Å². The van der Waals surface area contributed by atoms with Crippen molar-refractivity contribution >= 4 is 17.5 Å². The number of carbonyl (C=O) groups excluding carboxylic acids is 1. The molecule has 8 heteroatoms. The van der Waals surface area contributed by atoms with Crippen LogP contribution >= 0.6 is 11.6 Å². The lowest BCUT2D eigenvalue weighted by molar-refractivity contribution is -0.145. The smallest absolute Gasteiger partial charge is 0.266 e. The van der Waals surface area contributed by atoms with Gasteiger partial charge in [0.25, 0.3) is 5.91 Å². The van der Waals surface area contributed by atoms with Gasteiger partial charge in [-0.25, -0.2) is 0 Å². The second-order valence-corrected chi connectivity index (χ2v) is 7.40. The van der Waals surface area contributed by atoms with Gasteiger partial charge in [0.2, 0.25) is 11.7 Å². The van der Waals surface area contributed by atoms with Crippen molar-refractivity contribution in [3.8, 4) is 22.9 Å². The molecular formula is C21H22ClN3O4. The summed E-state index contributed by atoms with van der Waals surface area (Å²) < 4.78 is 16.3. The zero-order valence-corrected chi connectivity index (χ0v) is 17.4. The molecule has 0 fully saturated rings. The molecule has 0 saturated heterocycles. The van der Waals surface area contributed by atoms with E-state index in [-0.39, 0.29) is 12.5 Å². The van der Waals surface area contributed by atoms with Crippen molar-refractivity contribution in [3.05, 3.63) is 59.4 Å². The van der Waals surface area contributed by atoms with Crippen LogP contribution in [0.25, 0.3) is 11.4 Å². The first kappa shape index (κ1) is 20.7. The summed E-state index contributed by atoms with van der Waals surface area (Å²) in [7, 11) is 3.26. The normalized spacial score (nSPS) is 11.2. The average molecular weight is 416 g/mol. The summed E-state index contributed by atoms with van der Waals surface area (Å²) in [6.45, 7) is 3.57. The fourth-order valence-corrected chi connectivity index (χ4v) is 2.88. The second kappa shape index (κ2) is 8.53. The molecule has 0 N–H and O–H groups in total. The summed E-state index contributed by atoms with van der Waals surface area (Å²) >= 11 is 5.89. The van der Waals surface area contributed by atoms with E-state index in [9.17, 15) is 4.79 Å². The number of halogens is 1. The van der Waals surface area contributed by atoms with Gasteiger partial charge in [-0.15, -0.1) is 0 Å². The van der Waals surface area contributed by atoms with Crippen LogP contribution in [-0.4, -0.2) is 40.7 Å². The number of benzene rings is 2. The van der Waals surface area contributed by atoms with E-state index in [4.69, 9.17) is 25.6 Å². The Hall–Kier alpha value is -3.06. The van der Waals surface area contributed by atoms with Gasteiger partial charge in [0, 0.05) is 17.6 Å². The highest BCUT2D eigenvalue weighted by molar-refractivity contribution is 6.30. The first-order chi connectivity index (χ1) is 13.8. The van der Waals surface area contributed by atoms with Crippen LogP contribution in [0.1, 0.15) is 19.7 Å². The number of carbonyl (C=O) groups is 1. The molecule has 1 aromatic heterocycles. The van der Waals surface area contributed by atoms with Gasteiger partial charge in [-0.1, -0.05) is 16.8 Å². The van der Waals surface area contributed by atoms with Crippen molar-refractivity contribution in [2.75, 3.05) is 14.2 Å². The zero-order chi connectivity index (χ0) is 21.0. The molecule has 0 radical (unpaired) electrons. The average Bonchev–Trinajstić information content (AvgIpc) is 3.17. The van der Waals surface area contributed by atoms with Crippen LogP contribution in [-0.2, 0) is 11.3 Å². The summed E-state index contributed by atoms with van der Waals surface area (Å²) in [6, 6.07) is 14.2. The predicted octanol–water partition coefficient (Wildman–Crippen LogP) is 4.21. The predicted molar refractivity (Wildman–Crippen MR) is 109 cm³/mol. The van der Waals surface area contributed by atoms with Crippen molar-refractivity contribution in [1.29, 1.82) is 0 Å². The number of nitrogens with zero attached hydrogens (tertiary/aromatic N) is 3. The fraction of sp³-hybridized carbons (Fsp3) is 0.286. The largest absolute Gasteiger partial charge is 0.497 e. The van der Waals surface area contributed by atoms with Crippen LogP contribution in [0.4, 0.5) is 0 Å². The van der Waals surface area contributed by atoms with E-state index in [1.807, 2.05) is 24.3 Å². The molecule has 0 aliphatic heterocycles. The SMILES string of the molecule is COc1ccc(-c2noc(CN(C)C(=O)C(C)(C)Oc3ccc(Cl)cc3)n2)cc1. The van der Waals surface area contributed by atoms with Gasteiger partial charge in [0.05, 0.1) is 13.7 Å². The summed E-state index contributed by atoms with van der Waals surface area (Å²) in [5.41, 5.74) is -0.289. The number of hydrogen-bond acceptors (Lipinski definition) is 6. The minimum atomic E-state index is -1.08. The van der Waals surface area contributed by atoms with E-state index in [1.54, 1.807) is 52.3 Å². The van der Waals surface area contributed by atoms with Crippen LogP contribution in [0, 0.1) is 0 Å². The topological polar surface area (TPSA) is 77.7 Å². The Labute approximate surface area is 174 Å². The third kappa shape index (κ3) is 5.06. The van der Waals surface area contributed by atoms with Crippen LogP contribution in [0.15, 0.2) is 53.1 Å². The van der Waals surface area contributed by atoms with Gasteiger partial charge in [0.1, 0.15) is 11.5 Å². The molecule has 0 saturated carbocycles. The lowest BCUT2D eigenvalue weighted by atomic mass is 10.1. The Morgan fingerprint density at radius 2 is 1.72 bits per heavy atom. The summed E-state index contributed by atoms with van der Waals surface area (Å²) in [6.07, 6.45) is 0. The van der Waals surface area contributed by atoms with Gasteiger partial charge < -0.3 is 18.9 Å². The highest BCUT2D eigenvalue weighted by atomic mass is 35.5. The van der Waals surface area contributed by atoms with Crippen LogP contribution in [0.5, 0.6) is 11.5 Å². The van der Waals surface area contributed by atoms with Crippen LogP contribution < -0.4 is 9.47 Å². The minimum absolute atomic E-state index is 0.162. The molecule has 7 nitrogen and oxygen atoms in total. The first-order valence-electron chi connectivity index (χ1n) is 8.95. The first-order valence-corrected chi connectivity index (χ1v) is 9.33. The molecular weight excluding hydrogens is 394 g/mol. The lowest BCUT2D eigenvalue weighted by Crippen LogP contribution is -2.47. The van der Waals surface area contributed by atoms with Crippen LogP contribution in [0.3, 0.4) is 0 Å². The summed E-state index contributed by atoms with van der Waals surface area (Å²) in [5.74, 6) is 1.84. The third-order valence-electron chi connectivity index (χ3n) is 4.24. The number of amides is 1. The van der Waals surface area contributed by atoms with Gasteiger partial charge in [-0.3, -0.25) is 4.79 Å². The Morgan fingerprint density at radius 1 is 1.10 bits per heavy atom. The van der Waals surface area contributed by atoms with E-state index >= 15 is 0 Å². The molecule has 0 atom stereocenters. The van der Waals surface area contributed by atoms with Crippen molar-refractivity contribution in [3.63, 3.8) is 0 Å². The maximum absolute atomic E-state index is 12.9. The minimum Gasteiger partial charge on any atom is -0.497 e. The molecule has 1 heterocycles. The molecule has 3 rings (SSSR count). The number of rotatable bonds is 7. The molecule has 0 aliphatic rings. The molecule has 1 amide bonds. The maximum Gasteiger partial charge on any atom is 0.266 e. The number of hydrogen-bond donors (Lipinski definition) is 0. The summed E-state index contributed by atoms with van der Waals surface area (Å²) in [4.78, 5) is 18.7. The Balaban J connectivity index is 1.65.